The van der Waals surface area contributed by atoms with E-state index in [1.54, 1.807) is 18.2 Å². The summed E-state index contributed by atoms with van der Waals surface area (Å²) in [5, 5.41) is 14.9. The van der Waals surface area contributed by atoms with E-state index >= 15 is 0 Å². The van der Waals surface area contributed by atoms with Crippen LogP contribution in [0.2, 0.25) is 0 Å². The monoisotopic (exact) mass is 427 g/mol. The van der Waals surface area contributed by atoms with Gasteiger partial charge in [0.25, 0.3) is 5.69 Å². The van der Waals surface area contributed by atoms with E-state index in [1.807, 2.05) is 12.1 Å². The van der Waals surface area contributed by atoms with E-state index in [-0.39, 0.29) is 10.6 Å². The molecule has 1 aliphatic heterocycles. The summed E-state index contributed by atoms with van der Waals surface area (Å²) < 4.78 is 0. The van der Waals surface area contributed by atoms with Crippen molar-refractivity contribution < 1.29 is 4.92 Å². The van der Waals surface area contributed by atoms with Crippen LogP contribution in [0.4, 0.5) is 11.4 Å². The molecule has 31 heavy (non-hydrogen) atoms. The Morgan fingerprint density at radius 3 is 2.35 bits per heavy atom. The Morgan fingerprint density at radius 2 is 1.77 bits per heavy atom. The van der Waals surface area contributed by atoms with Gasteiger partial charge in [-0.15, -0.1) is 6.58 Å². The molecule has 0 radical (unpaired) electrons. The SMILES string of the molecule is C=C[C@](C)(C[C@@H]1CC[C@H](C)N1C1CCC(C(C)(C)C)CC1)Nc1ccccc1[N+](=O)[O-]. The lowest BCUT2D eigenvalue weighted by Crippen LogP contribution is -2.49. The average molecular weight is 428 g/mol. The zero-order valence-electron chi connectivity index (χ0n) is 20.1. The molecule has 5 heteroatoms. The number of para-hydroxylation sites is 2. The second-order valence-corrected chi connectivity index (χ2v) is 11.1. The van der Waals surface area contributed by atoms with Crippen LogP contribution in [-0.2, 0) is 0 Å². The first-order valence-electron chi connectivity index (χ1n) is 12.0. The van der Waals surface area contributed by atoms with Crippen LogP contribution < -0.4 is 5.32 Å². The van der Waals surface area contributed by atoms with Crippen LogP contribution >= 0.6 is 0 Å². The second kappa shape index (κ2) is 9.32. The number of nitrogens with one attached hydrogen (secondary N) is 1. The largest absolute Gasteiger partial charge is 0.371 e. The number of hydrogen-bond donors (Lipinski definition) is 1. The summed E-state index contributed by atoms with van der Waals surface area (Å²) in [4.78, 5) is 13.9. The molecule has 1 aromatic carbocycles. The van der Waals surface area contributed by atoms with Crippen molar-refractivity contribution in [3.05, 3.63) is 47.0 Å². The van der Waals surface area contributed by atoms with Crippen molar-refractivity contribution in [2.45, 2.75) is 103 Å². The normalized spacial score (nSPS) is 29.3. The van der Waals surface area contributed by atoms with Gasteiger partial charge in [-0.25, -0.2) is 0 Å². The molecule has 1 heterocycles. The lowest BCUT2D eigenvalue weighted by atomic mass is 9.71. The smallest absolute Gasteiger partial charge is 0.292 e. The molecule has 0 spiro atoms. The molecule has 1 aromatic rings. The molecule has 2 fully saturated rings. The molecule has 3 atom stereocenters. The number of benzene rings is 1. The maximum atomic E-state index is 11.5. The van der Waals surface area contributed by atoms with Gasteiger partial charge in [0.15, 0.2) is 0 Å². The summed E-state index contributed by atoms with van der Waals surface area (Å²) in [6, 6.07) is 8.64. The van der Waals surface area contributed by atoms with Crippen molar-refractivity contribution in [2.24, 2.45) is 11.3 Å². The number of anilines is 1. The summed E-state index contributed by atoms with van der Waals surface area (Å²) in [5.41, 5.74) is 0.684. The first kappa shape index (κ1) is 23.8. The Morgan fingerprint density at radius 1 is 1.13 bits per heavy atom. The third-order valence-electron chi connectivity index (χ3n) is 7.82. The molecule has 1 saturated heterocycles. The van der Waals surface area contributed by atoms with Crippen LogP contribution in [0.15, 0.2) is 36.9 Å². The zero-order valence-corrected chi connectivity index (χ0v) is 20.1. The van der Waals surface area contributed by atoms with Gasteiger partial charge in [-0.1, -0.05) is 39.0 Å². The van der Waals surface area contributed by atoms with E-state index in [0.29, 0.717) is 29.2 Å². The third kappa shape index (κ3) is 5.49. The first-order chi connectivity index (χ1) is 14.5. The highest BCUT2D eigenvalue weighted by Gasteiger charge is 2.41. The van der Waals surface area contributed by atoms with E-state index in [0.717, 1.165) is 12.3 Å². The molecule has 1 aliphatic carbocycles. The molecule has 0 amide bonds. The van der Waals surface area contributed by atoms with E-state index in [2.05, 4.69) is 51.4 Å². The number of nitro groups is 1. The summed E-state index contributed by atoms with van der Waals surface area (Å²) in [7, 11) is 0. The molecule has 0 aromatic heterocycles. The maximum absolute atomic E-state index is 11.5. The first-order valence-corrected chi connectivity index (χ1v) is 12.0. The van der Waals surface area contributed by atoms with Crippen LogP contribution in [-0.4, -0.2) is 33.5 Å². The quantitative estimate of drug-likeness (QED) is 0.295. The minimum atomic E-state index is -0.401. The second-order valence-electron chi connectivity index (χ2n) is 11.1. The number of hydrogen-bond acceptors (Lipinski definition) is 4. The van der Waals surface area contributed by atoms with Gasteiger partial charge in [0.05, 0.1) is 10.5 Å². The zero-order chi connectivity index (χ0) is 22.8. The van der Waals surface area contributed by atoms with Crippen molar-refractivity contribution in [3.8, 4) is 0 Å². The van der Waals surface area contributed by atoms with Gasteiger partial charge in [0.2, 0.25) is 0 Å². The minimum absolute atomic E-state index is 0.118. The Hall–Kier alpha value is -1.88. The molecule has 172 valence electrons. The fourth-order valence-corrected chi connectivity index (χ4v) is 5.92. The minimum Gasteiger partial charge on any atom is -0.371 e. The fourth-order valence-electron chi connectivity index (χ4n) is 5.92. The molecule has 3 rings (SSSR count). The van der Waals surface area contributed by atoms with E-state index in [9.17, 15) is 10.1 Å². The van der Waals surface area contributed by atoms with Crippen molar-refractivity contribution in [1.29, 1.82) is 0 Å². The van der Waals surface area contributed by atoms with E-state index < -0.39 is 5.54 Å². The van der Waals surface area contributed by atoms with Crippen LogP contribution in [0.25, 0.3) is 0 Å². The van der Waals surface area contributed by atoms with Gasteiger partial charge < -0.3 is 5.32 Å². The molecule has 5 nitrogen and oxygen atoms in total. The fraction of sp³-hybridized carbons (Fsp3) is 0.692. The average Bonchev–Trinajstić information content (AvgIpc) is 3.07. The highest BCUT2D eigenvalue weighted by Crippen LogP contribution is 2.43. The standard InChI is InChI=1S/C26H41N3O2/c1-7-26(6,27-23-10-8-9-11-24(23)29(30)31)18-22-15-12-19(2)28(22)21-16-13-20(14-17-21)25(3,4)5/h7-11,19-22,27H,1,12-18H2,2-6H3/t19-,20?,21?,22-,26+/m0/s1. The van der Waals surface area contributed by atoms with Crippen LogP contribution in [0.1, 0.15) is 79.6 Å². The van der Waals surface area contributed by atoms with Gasteiger partial charge >= 0.3 is 0 Å². The lowest BCUT2D eigenvalue weighted by Gasteiger charge is -2.45. The van der Waals surface area contributed by atoms with Gasteiger partial charge in [0.1, 0.15) is 5.69 Å². The Kier molecular flexibility index (Phi) is 7.14. The predicted molar refractivity (Wildman–Crippen MR) is 129 cm³/mol. The summed E-state index contributed by atoms with van der Waals surface area (Å²) >= 11 is 0. The molecule has 0 unspecified atom stereocenters. The van der Waals surface area contributed by atoms with Crippen molar-refractivity contribution in [3.63, 3.8) is 0 Å². The molecule has 1 saturated carbocycles. The number of nitro benzene ring substituents is 1. The molecule has 1 N–H and O–H groups in total. The van der Waals surface area contributed by atoms with Crippen LogP contribution in [0.5, 0.6) is 0 Å². The Balaban J connectivity index is 1.72. The summed E-state index contributed by atoms with van der Waals surface area (Å²) in [6.45, 7) is 15.7. The molecular formula is C26H41N3O2. The van der Waals surface area contributed by atoms with Crippen molar-refractivity contribution in [2.75, 3.05) is 5.32 Å². The van der Waals surface area contributed by atoms with Crippen LogP contribution in [0.3, 0.4) is 0 Å². The maximum Gasteiger partial charge on any atom is 0.292 e. The highest BCUT2D eigenvalue weighted by atomic mass is 16.6. The number of rotatable bonds is 7. The highest BCUT2D eigenvalue weighted by molar-refractivity contribution is 5.62. The summed E-state index contributed by atoms with van der Waals surface area (Å²) in [5.74, 6) is 0.818. The Labute approximate surface area is 188 Å². The van der Waals surface area contributed by atoms with Gasteiger partial charge in [-0.05, 0) is 76.2 Å². The summed E-state index contributed by atoms with van der Waals surface area (Å²) in [6.07, 6.45) is 10.4. The molecular weight excluding hydrogens is 386 g/mol. The predicted octanol–water partition coefficient (Wildman–Crippen LogP) is 6.80. The van der Waals surface area contributed by atoms with Crippen LogP contribution in [0, 0.1) is 21.4 Å². The third-order valence-corrected chi connectivity index (χ3v) is 7.82. The Bertz CT molecular complexity index is 779. The van der Waals surface area contributed by atoms with Gasteiger partial charge in [0, 0.05) is 24.2 Å². The van der Waals surface area contributed by atoms with E-state index in [4.69, 9.17) is 0 Å². The molecule has 0 bridgehead atoms. The number of likely N-dealkylation sites (tertiary alicyclic amines) is 1. The number of nitrogens with zero attached hydrogens (tertiary/aromatic N) is 2. The van der Waals surface area contributed by atoms with Gasteiger partial charge in [-0.3, -0.25) is 15.0 Å². The van der Waals surface area contributed by atoms with E-state index in [1.165, 1.54) is 38.5 Å². The van der Waals surface area contributed by atoms with Crippen molar-refractivity contribution in [1.82, 2.24) is 4.90 Å². The topological polar surface area (TPSA) is 58.4 Å². The van der Waals surface area contributed by atoms with Crippen molar-refractivity contribution >= 4 is 11.4 Å². The molecule has 2 aliphatic rings. The van der Waals surface area contributed by atoms with Gasteiger partial charge in [-0.2, -0.15) is 0 Å². The lowest BCUT2D eigenvalue weighted by molar-refractivity contribution is -0.384.